The van der Waals surface area contributed by atoms with E-state index in [0.717, 1.165) is 19.2 Å². The van der Waals surface area contributed by atoms with Gasteiger partial charge in [0, 0.05) is 18.7 Å². The SMILES string of the molecule is CC(C)CC(CN(C)C)NC(=O)c1cc(C(=O)O)co1. The van der Waals surface area contributed by atoms with Crippen LogP contribution in [-0.4, -0.2) is 48.6 Å². The molecule has 1 heterocycles. The molecule has 0 saturated carbocycles. The molecule has 112 valence electrons. The van der Waals surface area contributed by atoms with Gasteiger partial charge in [0.15, 0.2) is 5.76 Å². The molecule has 1 aromatic rings. The Morgan fingerprint density at radius 2 is 2.05 bits per heavy atom. The van der Waals surface area contributed by atoms with E-state index in [1.165, 1.54) is 6.07 Å². The van der Waals surface area contributed by atoms with Crippen LogP contribution in [0.4, 0.5) is 0 Å². The van der Waals surface area contributed by atoms with Crippen molar-refractivity contribution >= 4 is 11.9 Å². The van der Waals surface area contributed by atoms with Crippen LogP contribution >= 0.6 is 0 Å². The summed E-state index contributed by atoms with van der Waals surface area (Å²) < 4.78 is 4.99. The van der Waals surface area contributed by atoms with Crippen molar-refractivity contribution in [3.8, 4) is 0 Å². The van der Waals surface area contributed by atoms with Crippen LogP contribution < -0.4 is 5.32 Å². The molecule has 2 N–H and O–H groups in total. The van der Waals surface area contributed by atoms with Gasteiger partial charge in [-0.1, -0.05) is 13.8 Å². The normalized spacial score (nSPS) is 12.7. The Balaban J connectivity index is 2.70. The van der Waals surface area contributed by atoms with Gasteiger partial charge in [-0.25, -0.2) is 4.79 Å². The van der Waals surface area contributed by atoms with Crippen molar-refractivity contribution in [2.75, 3.05) is 20.6 Å². The van der Waals surface area contributed by atoms with Gasteiger partial charge in [-0.3, -0.25) is 4.79 Å². The third-order valence-electron chi connectivity index (χ3n) is 2.75. The Kier molecular flexibility index (Phi) is 5.76. The first-order valence-corrected chi connectivity index (χ1v) is 6.57. The number of aromatic carboxylic acids is 1. The first-order chi connectivity index (χ1) is 9.29. The van der Waals surface area contributed by atoms with E-state index in [0.29, 0.717) is 5.92 Å². The molecule has 0 saturated heterocycles. The molecule has 0 aliphatic carbocycles. The predicted octanol–water partition coefficient (Wildman–Crippen LogP) is 1.68. The van der Waals surface area contributed by atoms with Gasteiger partial charge in [0.1, 0.15) is 6.26 Å². The van der Waals surface area contributed by atoms with E-state index in [9.17, 15) is 9.59 Å². The fraction of sp³-hybridized carbons (Fsp3) is 0.571. The number of furan rings is 1. The summed E-state index contributed by atoms with van der Waals surface area (Å²) >= 11 is 0. The first kappa shape index (κ1) is 16.2. The molecule has 0 radical (unpaired) electrons. The number of carbonyl (C=O) groups is 2. The molecule has 0 spiro atoms. The number of nitrogens with one attached hydrogen (secondary N) is 1. The van der Waals surface area contributed by atoms with Crippen LogP contribution in [0.1, 0.15) is 41.2 Å². The Morgan fingerprint density at radius 1 is 1.40 bits per heavy atom. The van der Waals surface area contributed by atoms with Crippen LogP contribution in [0.2, 0.25) is 0 Å². The summed E-state index contributed by atoms with van der Waals surface area (Å²) in [5.41, 5.74) is -0.0248. The Labute approximate surface area is 118 Å². The highest BCUT2D eigenvalue weighted by Gasteiger charge is 2.19. The first-order valence-electron chi connectivity index (χ1n) is 6.57. The van der Waals surface area contributed by atoms with Crippen molar-refractivity contribution in [2.24, 2.45) is 5.92 Å². The van der Waals surface area contributed by atoms with E-state index in [1.54, 1.807) is 0 Å². The Hall–Kier alpha value is -1.82. The predicted molar refractivity (Wildman–Crippen MR) is 74.9 cm³/mol. The average molecular weight is 282 g/mol. The minimum Gasteiger partial charge on any atom is -0.478 e. The molecule has 6 nitrogen and oxygen atoms in total. The summed E-state index contributed by atoms with van der Waals surface area (Å²) in [6, 6.07) is 1.23. The van der Waals surface area contributed by atoms with Crippen molar-refractivity contribution in [3.63, 3.8) is 0 Å². The smallest absolute Gasteiger partial charge is 0.338 e. The number of nitrogens with zero attached hydrogens (tertiary/aromatic N) is 1. The third-order valence-corrected chi connectivity index (χ3v) is 2.75. The molecule has 0 aliphatic rings. The van der Waals surface area contributed by atoms with Crippen LogP contribution in [-0.2, 0) is 0 Å². The number of likely N-dealkylation sites (N-methyl/N-ethyl adjacent to an activating group) is 1. The van der Waals surface area contributed by atoms with Gasteiger partial charge in [-0.05, 0) is 26.4 Å². The van der Waals surface area contributed by atoms with Gasteiger partial charge < -0.3 is 19.7 Å². The topological polar surface area (TPSA) is 82.8 Å². The molecular formula is C14H22N2O4. The van der Waals surface area contributed by atoms with Gasteiger partial charge in [0.2, 0.25) is 0 Å². The number of carboxylic acid groups (broad SMARTS) is 1. The van der Waals surface area contributed by atoms with Gasteiger partial charge >= 0.3 is 5.97 Å². The monoisotopic (exact) mass is 282 g/mol. The summed E-state index contributed by atoms with van der Waals surface area (Å²) in [6.07, 6.45) is 1.91. The highest BCUT2D eigenvalue weighted by Crippen LogP contribution is 2.10. The lowest BCUT2D eigenvalue weighted by Crippen LogP contribution is -2.42. The standard InChI is InChI=1S/C14H22N2O4/c1-9(2)5-11(7-16(3)4)15-13(17)12-6-10(8-20-12)14(18)19/h6,8-9,11H,5,7H2,1-4H3,(H,15,17)(H,18,19). The molecule has 1 aromatic heterocycles. The van der Waals surface area contributed by atoms with Crippen LogP contribution in [0.15, 0.2) is 16.7 Å². The zero-order chi connectivity index (χ0) is 15.3. The van der Waals surface area contributed by atoms with Gasteiger partial charge in [0.05, 0.1) is 5.56 Å². The minimum atomic E-state index is -1.11. The van der Waals surface area contributed by atoms with Crippen molar-refractivity contribution in [1.29, 1.82) is 0 Å². The molecule has 1 rings (SSSR count). The second-order valence-corrected chi connectivity index (χ2v) is 5.57. The molecule has 20 heavy (non-hydrogen) atoms. The molecule has 0 aliphatic heterocycles. The number of hydrogen-bond acceptors (Lipinski definition) is 4. The lowest BCUT2D eigenvalue weighted by Gasteiger charge is -2.23. The Bertz CT molecular complexity index is 455. The molecule has 0 bridgehead atoms. The zero-order valence-corrected chi connectivity index (χ0v) is 12.3. The molecule has 1 atom stereocenters. The van der Waals surface area contributed by atoms with Crippen LogP contribution in [0.25, 0.3) is 0 Å². The summed E-state index contributed by atoms with van der Waals surface area (Å²) in [7, 11) is 3.88. The Morgan fingerprint density at radius 3 is 2.50 bits per heavy atom. The summed E-state index contributed by atoms with van der Waals surface area (Å²) in [5.74, 6) is -1.02. The minimum absolute atomic E-state index is 0.00382. The highest BCUT2D eigenvalue weighted by molar-refractivity contribution is 5.95. The second-order valence-electron chi connectivity index (χ2n) is 5.57. The van der Waals surface area contributed by atoms with E-state index in [1.807, 2.05) is 19.0 Å². The molecular weight excluding hydrogens is 260 g/mol. The van der Waals surface area contributed by atoms with E-state index < -0.39 is 5.97 Å². The maximum Gasteiger partial charge on any atom is 0.338 e. The maximum absolute atomic E-state index is 12.0. The third kappa shape index (κ3) is 5.05. The van der Waals surface area contributed by atoms with Gasteiger partial charge in [-0.2, -0.15) is 0 Å². The largest absolute Gasteiger partial charge is 0.478 e. The fourth-order valence-corrected chi connectivity index (χ4v) is 2.01. The molecule has 0 aromatic carbocycles. The summed E-state index contributed by atoms with van der Waals surface area (Å²) in [6.45, 7) is 4.89. The lowest BCUT2D eigenvalue weighted by atomic mass is 10.0. The number of carbonyl (C=O) groups excluding carboxylic acids is 1. The van der Waals surface area contributed by atoms with Gasteiger partial charge in [0.25, 0.3) is 5.91 Å². The summed E-state index contributed by atoms with van der Waals surface area (Å²) in [5, 5.41) is 11.7. The number of rotatable bonds is 7. The van der Waals surface area contributed by atoms with Gasteiger partial charge in [-0.15, -0.1) is 0 Å². The van der Waals surface area contributed by atoms with E-state index in [4.69, 9.17) is 9.52 Å². The van der Waals surface area contributed by atoms with Crippen LogP contribution in [0.3, 0.4) is 0 Å². The fourth-order valence-electron chi connectivity index (χ4n) is 2.01. The zero-order valence-electron chi connectivity index (χ0n) is 12.3. The van der Waals surface area contributed by atoms with E-state index >= 15 is 0 Å². The lowest BCUT2D eigenvalue weighted by molar-refractivity contribution is 0.0695. The number of hydrogen-bond donors (Lipinski definition) is 2. The molecule has 1 unspecified atom stereocenters. The average Bonchev–Trinajstić information content (AvgIpc) is 2.75. The quantitative estimate of drug-likeness (QED) is 0.795. The summed E-state index contributed by atoms with van der Waals surface area (Å²) in [4.78, 5) is 24.8. The van der Waals surface area contributed by atoms with Crippen molar-refractivity contribution < 1.29 is 19.1 Å². The number of carboxylic acids is 1. The van der Waals surface area contributed by atoms with Crippen LogP contribution in [0, 0.1) is 5.92 Å². The molecule has 6 heteroatoms. The van der Waals surface area contributed by atoms with Crippen molar-refractivity contribution in [1.82, 2.24) is 10.2 Å². The second kappa shape index (κ2) is 7.09. The van der Waals surface area contributed by atoms with Crippen molar-refractivity contribution in [3.05, 3.63) is 23.7 Å². The molecule has 0 fully saturated rings. The highest BCUT2D eigenvalue weighted by atomic mass is 16.4. The van der Waals surface area contributed by atoms with E-state index in [-0.39, 0.29) is 23.3 Å². The van der Waals surface area contributed by atoms with Crippen LogP contribution in [0.5, 0.6) is 0 Å². The molecule has 1 amide bonds. The van der Waals surface area contributed by atoms with E-state index in [2.05, 4.69) is 19.2 Å². The van der Waals surface area contributed by atoms with Crippen molar-refractivity contribution in [2.45, 2.75) is 26.3 Å². The number of amides is 1. The maximum atomic E-state index is 12.0.